The molecule has 0 saturated carbocycles. The largest absolute Gasteiger partial charge is 0.478 e. The Kier molecular flexibility index (Phi) is 3.94. The number of aromatic carboxylic acids is 1. The first-order chi connectivity index (χ1) is 9.81. The van der Waals surface area contributed by atoms with Crippen molar-refractivity contribution in [1.82, 2.24) is 9.97 Å². The number of carbonyl (C=O) groups is 1. The zero-order valence-corrected chi connectivity index (χ0v) is 11.1. The van der Waals surface area contributed by atoms with Gasteiger partial charge in [0.05, 0.1) is 11.4 Å². The number of hydrogen-bond acceptors (Lipinski definition) is 5. The van der Waals surface area contributed by atoms with Gasteiger partial charge in [-0.2, -0.15) is 0 Å². The highest BCUT2D eigenvalue weighted by atomic mass is 32.2. The van der Waals surface area contributed by atoms with Gasteiger partial charge in [0.2, 0.25) is 0 Å². The lowest BCUT2D eigenvalue weighted by atomic mass is 10.2. The van der Waals surface area contributed by atoms with Crippen molar-refractivity contribution in [2.24, 2.45) is 0 Å². The Morgan fingerprint density at radius 1 is 1.29 bits per heavy atom. The number of carboxylic acids is 1. The standard InChI is InChI=1S/C12H8F2N2O4S/c13-7-1-2-11(9(14)3-7)21(19,20)5-10-8(12(17)18)4-15-6-16-10/h1-4,6H,5H2,(H,17,18). The van der Waals surface area contributed by atoms with Crippen LogP contribution >= 0.6 is 0 Å². The van der Waals surface area contributed by atoms with Crippen LogP contribution < -0.4 is 0 Å². The van der Waals surface area contributed by atoms with Gasteiger partial charge in [-0.25, -0.2) is 32.0 Å². The van der Waals surface area contributed by atoms with Gasteiger partial charge in [-0.1, -0.05) is 0 Å². The molecule has 1 aromatic heterocycles. The van der Waals surface area contributed by atoms with Crippen molar-refractivity contribution in [3.05, 3.63) is 53.6 Å². The Morgan fingerprint density at radius 3 is 2.62 bits per heavy atom. The van der Waals surface area contributed by atoms with Crippen LogP contribution in [0, 0.1) is 11.6 Å². The third-order valence-electron chi connectivity index (χ3n) is 2.58. The lowest BCUT2D eigenvalue weighted by Crippen LogP contribution is -2.13. The van der Waals surface area contributed by atoms with Gasteiger partial charge in [0.25, 0.3) is 0 Å². The molecular weight excluding hydrogens is 306 g/mol. The van der Waals surface area contributed by atoms with Crippen molar-refractivity contribution in [3.8, 4) is 0 Å². The molecule has 2 rings (SSSR count). The molecule has 0 unspecified atom stereocenters. The van der Waals surface area contributed by atoms with E-state index in [4.69, 9.17) is 5.11 Å². The summed E-state index contributed by atoms with van der Waals surface area (Å²) >= 11 is 0. The maximum absolute atomic E-state index is 13.5. The number of nitrogens with zero attached hydrogens (tertiary/aromatic N) is 2. The van der Waals surface area contributed by atoms with E-state index in [9.17, 15) is 22.0 Å². The summed E-state index contributed by atoms with van der Waals surface area (Å²) in [7, 11) is -4.21. The maximum Gasteiger partial charge on any atom is 0.339 e. The second kappa shape index (κ2) is 5.52. The molecular formula is C12H8F2N2O4S. The van der Waals surface area contributed by atoms with Crippen LogP contribution in [0.3, 0.4) is 0 Å². The Labute approximate surface area is 118 Å². The molecule has 1 N–H and O–H groups in total. The maximum atomic E-state index is 13.5. The quantitative estimate of drug-likeness (QED) is 0.857. The van der Waals surface area contributed by atoms with Gasteiger partial charge < -0.3 is 5.11 Å². The van der Waals surface area contributed by atoms with Crippen LogP contribution in [0.1, 0.15) is 16.1 Å². The Balaban J connectivity index is 2.45. The van der Waals surface area contributed by atoms with Crippen LogP contribution in [0.2, 0.25) is 0 Å². The van der Waals surface area contributed by atoms with Crippen LogP contribution in [0.15, 0.2) is 35.6 Å². The molecule has 0 spiro atoms. The average molecular weight is 314 g/mol. The first-order valence-corrected chi connectivity index (χ1v) is 7.16. The number of benzene rings is 1. The number of halogens is 2. The van der Waals surface area contributed by atoms with Crippen molar-refractivity contribution in [1.29, 1.82) is 0 Å². The number of carboxylic acid groups (broad SMARTS) is 1. The first kappa shape index (κ1) is 15.0. The Morgan fingerprint density at radius 2 is 2.00 bits per heavy atom. The second-order valence-electron chi connectivity index (χ2n) is 4.02. The van der Waals surface area contributed by atoms with E-state index >= 15 is 0 Å². The molecule has 1 aromatic carbocycles. The van der Waals surface area contributed by atoms with E-state index in [2.05, 4.69) is 9.97 Å². The molecule has 0 fully saturated rings. The Hall–Kier alpha value is -2.42. The third-order valence-corrected chi connectivity index (χ3v) is 4.24. The summed E-state index contributed by atoms with van der Waals surface area (Å²) in [4.78, 5) is 17.3. The summed E-state index contributed by atoms with van der Waals surface area (Å²) in [6.07, 6.45) is 1.93. The van der Waals surface area contributed by atoms with Gasteiger partial charge in [-0.15, -0.1) is 0 Å². The molecule has 0 aliphatic carbocycles. The third kappa shape index (κ3) is 3.19. The van der Waals surface area contributed by atoms with E-state index in [1.807, 2.05) is 0 Å². The number of hydrogen-bond donors (Lipinski definition) is 1. The minimum absolute atomic E-state index is 0.277. The molecule has 6 nitrogen and oxygen atoms in total. The average Bonchev–Trinajstić information content (AvgIpc) is 2.37. The fraction of sp³-hybridized carbons (Fsp3) is 0.0833. The number of sulfone groups is 1. The van der Waals surface area contributed by atoms with Crippen molar-refractivity contribution in [2.45, 2.75) is 10.6 Å². The van der Waals surface area contributed by atoms with Crippen LogP contribution in [-0.2, 0) is 15.6 Å². The van der Waals surface area contributed by atoms with Crippen LogP contribution in [-0.4, -0.2) is 29.5 Å². The minimum Gasteiger partial charge on any atom is -0.478 e. The zero-order chi connectivity index (χ0) is 15.6. The lowest BCUT2D eigenvalue weighted by molar-refractivity contribution is 0.0695. The molecule has 2 aromatic rings. The molecule has 110 valence electrons. The topological polar surface area (TPSA) is 97.2 Å². The molecule has 9 heteroatoms. The van der Waals surface area contributed by atoms with Crippen LogP contribution in [0.25, 0.3) is 0 Å². The van der Waals surface area contributed by atoms with E-state index < -0.39 is 43.7 Å². The molecule has 0 aliphatic heterocycles. The van der Waals surface area contributed by atoms with Gasteiger partial charge in [0, 0.05) is 12.3 Å². The highest BCUT2D eigenvalue weighted by molar-refractivity contribution is 7.90. The zero-order valence-electron chi connectivity index (χ0n) is 10.3. The minimum atomic E-state index is -4.21. The van der Waals surface area contributed by atoms with Crippen molar-refractivity contribution >= 4 is 15.8 Å². The molecule has 0 bridgehead atoms. The van der Waals surface area contributed by atoms with E-state index in [-0.39, 0.29) is 5.69 Å². The van der Waals surface area contributed by atoms with Crippen LogP contribution in [0.4, 0.5) is 8.78 Å². The highest BCUT2D eigenvalue weighted by Gasteiger charge is 2.24. The van der Waals surface area contributed by atoms with E-state index in [1.54, 1.807) is 0 Å². The predicted octanol–water partition coefficient (Wildman–Crippen LogP) is 1.43. The van der Waals surface area contributed by atoms with Gasteiger partial charge >= 0.3 is 5.97 Å². The fourth-order valence-corrected chi connectivity index (χ4v) is 3.01. The molecule has 1 heterocycles. The molecule has 0 radical (unpaired) electrons. The second-order valence-corrected chi connectivity index (χ2v) is 5.98. The number of aromatic nitrogens is 2. The highest BCUT2D eigenvalue weighted by Crippen LogP contribution is 2.21. The molecule has 0 atom stereocenters. The van der Waals surface area contributed by atoms with Crippen LogP contribution in [0.5, 0.6) is 0 Å². The lowest BCUT2D eigenvalue weighted by Gasteiger charge is -2.07. The van der Waals surface area contributed by atoms with Gasteiger partial charge in [0.15, 0.2) is 9.84 Å². The molecule has 21 heavy (non-hydrogen) atoms. The smallest absolute Gasteiger partial charge is 0.339 e. The fourth-order valence-electron chi connectivity index (χ4n) is 1.63. The normalized spacial score (nSPS) is 11.3. The summed E-state index contributed by atoms with van der Waals surface area (Å²) in [5.74, 6) is -4.40. The Bertz CT molecular complexity index is 809. The van der Waals surface area contributed by atoms with Gasteiger partial charge in [0.1, 0.15) is 28.4 Å². The summed E-state index contributed by atoms with van der Waals surface area (Å²) in [5.41, 5.74) is -0.676. The van der Waals surface area contributed by atoms with E-state index in [0.717, 1.165) is 24.7 Å². The summed E-state index contributed by atoms with van der Waals surface area (Å²) in [6.45, 7) is 0. The van der Waals surface area contributed by atoms with Crippen molar-refractivity contribution < 1.29 is 27.1 Å². The van der Waals surface area contributed by atoms with Crippen molar-refractivity contribution in [2.75, 3.05) is 0 Å². The summed E-state index contributed by atoms with van der Waals surface area (Å²) in [6, 6.07) is 2.01. The van der Waals surface area contributed by atoms with E-state index in [1.165, 1.54) is 0 Å². The molecule has 0 aliphatic rings. The van der Waals surface area contributed by atoms with Gasteiger partial charge in [-0.3, -0.25) is 0 Å². The van der Waals surface area contributed by atoms with Crippen molar-refractivity contribution in [3.63, 3.8) is 0 Å². The number of rotatable bonds is 4. The first-order valence-electron chi connectivity index (χ1n) is 5.51. The summed E-state index contributed by atoms with van der Waals surface area (Å²) in [5, 5.41) is 8.93. The molecule has 0 amide bonds. The molecule has 0 saturated heterocycles. The van der Waals surface area contributed by atoms with E-state index in [0.29, 0.717) is 6.07 Å². The van der Waals surface area contributed by atoms with Gasteiger partial charge in [-0.05, 0) is 12.1 Å². The monoisotopic (exact) mass is 314 g/mol. The summed E-state index contributed by atoms with van der Waals surface area (Å²) < 4.78 is 50.5. The SMILES string of the molecule is O=C(O)c1cncnc1CS(=O)(=O)c1ccc(F)cc1F. The predicted molar refractivity (Wildman–Crippen MR) is 66.2 cm³/mol.